The van der Waals surface area contributed by atoms with Gasteiger partial charge in [0, 0.05) is 45.2 Å². The molecule has 0 N–H and O–H groups in total. The van der Waals surface area contributed by atoms with E-state index >= 15 is 0 Å². The van der Waals surface area contributed by atoms with E-state index in [9.17, 15) is 4.79 Å². The second-order valence-corrected chi connectivity index (χ2v) is 8.46. The lowest BCUT2D eigenvalue weighted by molar-refractivity contribution is -0.123. The van der Waals surface area contributed by atoms with E-state index in [1.165, 1.54) is 58.5 Å². The Morgan fingerprint density at radius 1 is 0.917 bits per heavy atom. The van der Waals surface area contributed by atoms with Gasteiger partial charge in [-0.05, 0) is 37.8 Å². The van der Waals surface area contributed by atoms with Gasteiger partial charge >= 0.3 is 0 Å². The molecule has 2 fully saturated rings. The molecule has 1 atom stereocenters. The molecule has 0 amide bonds. The molecule has 140 valence electrons. The van der Waals surface area contributed by atoms with E-state index in [4.69, 9.17) is 0 Å². The van der Waals surface area contributed by atoms with Crippen LogP contribution in [0.2, 0.25) is 0 Å². The van der Waals surface area contributed by atoms with Crippen molar-refractivity contribution in [2.75, 3.05) is 58.9 Å². The first kappa shape index (κ1) is 19.9. The van der Waals surface area contributed by atoms with Crippen LogP contribution in [0.4, 0.5) is 0 Å². The van der Waals surface area contributed by atoms with Crippen molar-refractivity contribution in [2.24, 2.45) is 17.8 Å². The number of carbonyl (C=O) groups excluding carboxylic acids is 1. The number of piperidine rings is 1. The number of rotatable bonds is 8. The molecular weight excluding hydrogens is 298 g/mol. The smallest absolute Gasteiger partial charge is 0.149 e. The van der Waals surface area contributed by atoms with Crippen LogP contribution in [0.15, 0.2) is 0 Å². The van der Waals surface area contributed by atoms with Crippen LogP contribution >= 0.6 is 0 Å². The Morgan fingerprint density at radius 2 is 1.50 bits per heavy atom. The molecule has 0 aromatic carbocycles. The number of hydrogen-bond donors (Lipinski definition) is 0. The summed E-state index contributed by atoms with van der Waals surface area (Å²) < 4.78 is 0. The Bertz CT molecular complexity index is 369. The van der Waals surface area contributed by atoms with Gasteiger partial charge < -0.3 is 9.80 Å². The van der Waals surface area contributed by atoms with Crippen molar-refractivity contribution in [1.29, 1.82) is 0 Å². The van der Waals surface area contributed by atoms with E-state index in [-0.39, 0.29) is 5.92 Å². The fourth-order valence-corrected chi connectivity index (χ4v) is 3.82. The zero-order valence-corrected chi connectivity index (χ0v) is 16.5. The lowest BCUT2D eigenvalue weighted by Crippen LogP contribution is -2.49. The third-order valence-corrected chi connectivity index (χ3v) is 5.98. The fourth-order valence-electron chi connectivity index (χ4n) is 3.82. The molecule has 0 spiro atoms. The summed E-state index contributed by atoms with van der Waals surface area (Å²) in [6, 6.07) is 0. The first-order chi connectivity index (χ1) is 11.5. The predicted octanol–water partition coefficient (Wildman–Crippen LogP) is 2.59. The first-order valence-electron chi connectivity index (χ1n) is 10.2. The molecule has 2 saturated heterocycles. The van der Waals surface area contributed by atoms with Crippen LogP contribution in [0.5, 0.6) is 0 Å². The van der Waals surface area contributed by atoms with E-state index in [0.717, 1.165) is 24.9 Å². The standard InChI is InChI=1S/C20H39N3O/c1-5-18(4)14-22-10-12-23(13-11-22)15-19-6-8-21(9-7-19)16-20(24)17(2)3/h17-19H,5-16H2,1-4H3. The Morgan fingerprint density at radius 3 is 2.04 bits per heavy atom. The van der Waals surface area contributed by atoms with Gasteiger partial charge in [-0.15, -0.1) is 0 Å². The van der Waals surface area contributed by atoms with Crippen molar-refractivity contribution in [1.82, 2.24) is 14.7 Å². The maximum atomic E-state index is 11.9. The molecule has 0 radical (unpaired) electrons. The molecule has 0 aliphatic carbocycles. The molecule has 4 nitrogen and oxygen atoms in total. The zero-order valence-electron chi connectivity index (χ0n) is 16.5. The van der Waals surface area contributed by atoms with Gasteiger partial charge in [0.1, 0.15) is 5.78 Å². The van der Waals surface area contributed by atoms with Crippen LogP contribution in [-0.2, 0) is 4.79 Å². The normalized spacial score (nSPS) is 23.7. The highest BCUT2D eigenvalue weighted by molar-refractivity contribution is 5.82. The van der Waals surface area contributed by atoms with Gasteiger partial charge in [-0.3, -0.25) is 9.69 Å². The molecule has 2 aliphatic heterocycles. The minimum atomic E-state index is 0.175. The van der Waals surface area contributed by atoms with Crippen LogP contribution in [0, 0.1) is 17.8 Å². The van der Waals surface area contributed by atoms with Gasteiger partial charge in [-0.2, -0.15) is 0 Å². The third kappa shape index (κ3) is 6.45. The third-order valence-electron chi connectivity index (χ3n) is 5.98. The van der Waals surface area contributed by atoms with Crippen molar-refractivity contribution < 1.29 is 4.79 Å². The van der Waals surface area contributed by atoms with Crippen molar-refractivity contribution in [3.63, 3.8) is 0 Å². The van der Waals surface area contributed by atoms with Crippen molar-refractivity contribution in [2.45, 2.75) is 47.0 Å². The molecule has 0 aromatic heterocycles. The lowest BCUT2D eigenvalue weighted by atomic mass is 9.95. The van der Waals surface area contributed by atoms with Crippen LogP contribution in [0.1, 0.15) is 47.0 Å². The molecular formula is C20H39N3O. The Labute approximate surface area is 149 Å². The van der Waals surface area contributed by atoms with Gasteiger partial charge in [0.05, 0.1) is 6.54 Å². The molecule has 1 unspecified atom stereocenters. The van der Waals surface area contributed by atoms with E-state index in [0.29, 0.717) is 12.3 Å². The van der Waals surface area contributed by atoms with E-state index in [1.54, 1.807) is 0 Å². The molecule has 0 bridgehead atoms. The highest BCUT2D eigenvalue weighted by atomic mass is 16.1. The molecule has 2 heterocycles. The Kier molecular flexibility index (Phi) is 8.18. The summed E-state index contributed by atoms with van der Waals surface area (Å²) >= 11 is 0. The van der Waals surface area contributed by atoms with E-state index < -0.39 is 0 Å². The van der Waals surface area contributed by atoms with E-state index in [2.05, 4.69) is 28.5 Å². The number of hydrogen-bond acceptors (Lipinski definition) is 4. The van der Waals surface area contributed by atoms with Crippen molar-refractivity contribution in [3.8, 4) is 0 Å². The Balaban J connectivity index is 1.62. The second kappa shape index (κ2) is 9.88. The number of piperazine rings is 1. The van der Waals surface area contributed by atoms with Gasteiger partial charge in [0.15, 0.2) is 0 Å². The van der Waals surface area contributed by atoms with Crippen molar-refractivity contribution >= 4 is 5.78 Å². The number of ketones is 1. The fraction of sp³-hybridized carbons (Fsp3) is 0.950. The van der Waals surface area contributed by atoms with Crippen LogP contribution in [-0.4, -0.2) is 79.4 Å². The molecule has 24 heavy (non-hydrogen) atoms. The predicted molar refractivity (Wildman–Crippen MR) is 101 cm³/mol. The van der Waals surface area contributed by atoms with Crippen LogP contribution < -0.4 is 0 Å². The summed E-state index contributed by atoms with van der Waals surface area (Å²) in [5, 5.41) is 0. The van der Waals surface area contributed by atoms with Gasteiger partial charge in [-0.1, -0.05) is 34.1 Å². The molecule has 2 aliphatic rings. The lowest BCUT2D eigenvalue weighted by Gasteiger charge is -2.39. The second-order valence-electron chi connectivity index (χ2n) is 8.46. The zero-order chi connectivity index (χ0) is 17.5. The van der Waals surface area contributed by atoms with Gasteiger partial charge in [-0.25, -0.2) is 0 Å². The van der Waals surface area contributed by atoms with Gasteiger partial charge in [0.2, 0.25) is 0 Å². The van der Waals surface area contributed by atoms with Crippen molar-refractivity contribution in [3.05, 3.63) is 0 Å². The molecule has 0 aromatic rings. The minimum absolute atomic E-state index is 0.175. The average molecular weight is 338 g/mol. The minimum Gasteiger partial charge on any atom is -0.301 e. The number of nitrogens with zero attached hydrogens (tertiary/aromatic N) is 3. The number of carbonyl (C=O) groups is 1. The summed E-state index contributed by atoms with van der Waals surface area (Å²) in [7, 11) is 0. The van der Waals surface area contributed by atoms with Crippen LogP contribution in [0.3, 0.4) is 0 Å². The summed E-state index contributed by atoms with van der Waals surface area (Å²) in [5.41, 5.74) is 0. The van der Waals surface area contributed by atoms with E-state index in [1.807, 2.05) is 13.8 Å². The number of likely N-dealkylation sites (tertiary alicyclic amines) is 1. The largest absolute Gasteiger partial charge is 0.301 e. The summed E-state index contributed by atoms with van der Waals surface area (Å²) in [5.74, 6) is 2.23. The Hall–Kier alpha value is -0.450. The summed E-state index contributed by atoms with van der Waals surface area (Å²) in [4.78, 5) is 19.6. The first-order valence-corrected chi connectivity index (χ1v) is 10.2. The molecule has 2 rings (SSSR count). The highest BCUT2D eigenvalue weighted by Gasteiger charge is 2.25. The highest BCUT2D eigenvalue weighted by Crippen LogP contribution is 2.20. The monoisotopic (exact) mass is 337 g/mol. The molecule has 4 heteroatoms. The van der Waals surface area contributed by atoms with Crippen LogP contribution in [0.25, 0.3) is 0 Å². The summed E-state index contributed by atoms with van der Waals surface area (Å²) in [6.07, 6.45) is 3.81. The van der Waals surface area contributed by atoms with Gasteiger partial charge in [0.25, 0.3) is 0 Å². The maximum absolute atomic E-state index is 11.9. The summed E-state index contributed by atoms with van der Waals surface area (Å²) in [6.45, 7) is 19.1. The topological polar surface area (TPSA) is 26.8 Å². The molecule has 0 saturated carbocycles. The number of Topliss-reactive ketones (excluding diaryl/α,β-unsaturated/α-hetero) is 1. The average Bonchev–Trinajstić information content (AvgIpc) is 2.58. The maximum Gasteiger partial charge on any atom is 0.149 e. The SMILES string of the molecule is CCC(C)CN1CCN(CC2CCN(CC(=O)C(C)C)CC2)CC1. The quantitative estimate of drug-likeness (QED) is 0.680.